The minimum Gasteiger partial charge on any atom is -0.316 e. The maximum atomic E-state index is 13.4. The molecule has 0 aromatic heterocycles. The molecule has 0 aliphatic carbocycles. The minimum atomic E-state index is -0.971. The summed E-state index contributed by atoms with van der Waals surface area (Å²) >= 11 is 6.06. The lowest BCUT2D eigenvalue weighted by Gasteiger charge is -2.11. The summed E-state index contributed by atoms with van der Waals surface area (Å²) in [6.45, 7) is 3.64. The molecule has 0 spiro atoms. The van der Waals surface area contributed by atoms with Gasteiger partial charge in [0.2, 0.25) is 0 Å². The molecule has 0 saturated carbocycles. The van der Waals surface area contributed by atoms with E-state index < -0.39 is 17.6 Å². The number of rotatable bonds is 2. The number of carbonyl (C=O) groups is 2. The second-order valence-corrected chi connectivity index (χ2v) is 5.23. The molecule has 0 fully saturated rings. The van der Waals surface area contributed by atoms with Crippen molar-refractivity contribution >= 4 is 34.8 Å². The first kappa shape index (κ1) is 16.0. The fourth-order valence-electron chi connectivity index (χ4n) is 1.99. The van der Waals surface area contributed by atoms with Gasteiger partial charge in [0.15, 0.2) is 0 Å². The van der Waals surface area contributed by atoms with Crippen LogP contribution in [0.2, 0.25) is 5.02 Å². The normalized spacial score (nSPS) is 10.2. The van der Waals surface area contributed by atoms with Crippen molar-refractivity contribution in [3.63, 3.8) is 0 Å². The summed E-state index contributed by atoms with van der Waals surface area (Å²) in [5.41, 5.74) is 1.98. The maximum absolute atomic E-state index is 13.4. The van der Waals surface area contributed by atoms with Gasteiger partial charge in [-0.3, -0.25) is 9.59 Å². The van der Waals surface area contributed by atoms with E-state index in [9.17, 15) is 14.0 Å². The summed E-state index contributed by atoms with van der Waals surface area (Å²) in [6.07, 6.45) is 0. The molecule has 0 atom stereocenters. The van der Waals surface area contributed by atoms with E-state index in [1.807, 2.05) is 13.0 Å². The van der Waals surface area contributed by atoms with Crippen LogP contribution in [0.1, 0.15) is 11.1 Å². The molecule has 0 saturated heterocycles. The standard InChI is InChI=1S/C16H14ClFN2O2/c1-9-7-10(2)14(11(17)8-9)20-16(22)15(21)19-13-6-4-3-5-12(13)18/h3-8H,1-2H3,(H,19,21)(H,20,22). The minimum absolute atomic E-state index is 0.0608. The number of carbonyl (C=O) groups excluding carboxylic acids is 2. The molecule has 0 bridgehead atoms. The van der Waals surface area contributed by atoms with Gasteiger partial charge in [0.1, 0.15) is 5.82 Å². The highest BCUT2D eigenvalue weighted by atomic mass is 35.5. The second-order valence-electron chi connectivity index (χ2n) is 4.83. The van der Waals surface area contributed by atoms with Crippen LogP contribution in [0, 0.1) is 19.7 Å². The molecule has 4 nitrogen and oxygen atoms in total. The lowest BCUT2D eigenvalue weighted by molar-refractivity contribution is -0.133. The van der Waals surface area contributed by atoms with Gasteiger partial charge in [0, 0.05) is 0 Å². The quantitative estimate of drug-likeness (QED) is 0.829. The van der Waals surface area contributed by atoms with E-state index >= 15 is 0 Å². The van der Waals surface area contributed by atoms with Crippen LogP contribution in [0.4, 0.5) is 15.8 Å². The number of hydrogen-bond donors (Lipinski definition) is 2. The summed E-state index contributed by atoms with van der Waals surface area (Å²) < 4.78 is 13.4. The Morgan fingerprint density at radius 1 is 1.05 bits per heavy atom. The topological polar surface area (TPSA) is 58.2 Å². The number of para-hydroxylation sites is 1. The fourth-order valence-corrected chi connectivity index (χ4v) is 2.35. The van der Waals surface area contributed by atoms with Crippen LogP contribution in [-0.2, 0) is 9.59 Å². The molecular formula is C16H14ClFN2O2. The van der Waals surface area contributed by atoms with Crippen LogP contribution < -0.4 is 10.6 Å². The van der Waals surface area contributed by atoms with Gasteiger partial charge in [0.25, 0.3) is 0 Å². The number of halogens is 2. The fraction of sp³-hybridized carbons (Fsp3) is 0.125. The predicted molar refractivity (Wildman–Crippen MR) is 84.6 cm³/mol. The zero-order valence-electron chi connectivity index (χ0n) is 12.0. The smallest absolute Gasteiger partial charge is 0.314 e. The summed E-state index contributed by atoms with van der Waals surface area (Å²) in [7, 11) is 0. The number of anilines is 2. The number of benzene rings is 2. The van der Waals surface area contributed by atoms with Crippen LogP contribution in [-0.4, -0.2) is 11.8 Å². The number of amides is 2. The van der Waals surface area contributed by atoms with Crippen molar-refractivity contribution in [2.45, 2.75) is 13.8 Å². The van der Waals surface area contributed by atoms with Crippen molar-refractivity contribution in [2.24, 2.45) is 0 Å². The Bertz CT molecular complexity index is 724. The Hall–Kier alpha value is -2.40. The summed E-state index contributed by atoms with van der Waals surface area (Å²) in [5.74, 6) is -2.51. The van der Waals surface area contributed by atoms with Crippen LogP contribution in [0.15, 0.2) is 36.4 Å². The Morgan fingerprint density at radius 2 is 1.68 bits per heavy atom. The van der Waals surface area contributed by atoms with Gasteiger partial charge < -0.3 is 10.6 Å². The number of aryl methyl sites for hydroxylation is 2. The summed E-state index contributed by atoms with van der Waals surface area (Å²) in [6, 6.07) is 9.10. The van der Waals surface area contributed by atoms with Crippen molar-refractivity contribution < 1.29 is 14.0 Å². The molecule has 0 aliphatic rings. The molecule has 2 aromatic rings. The van der Waals surface area contributed by atoms with Gasteiger partial charge in [-0.2, -0.15) is 0 Å². The zero-order valence-corrected chi connectivity index (χ0v) is 12.8. The third kappa shape index (κ3) is 3.62. The van der Waals surface area contributed by atoms with E-state index in [1.165, 1.54) is 18.2 Å². The molecule has 0 aliphatic heterocycles. The van der Waals surface area contributed by atoms with Crippen molar-refractivity contribution in [1.82, 2.24) is 0 Å². The first-order valence-corrected chi connectivity index (χ1v) is 6.90. The molecule has 114 valence electrons. The first-order chi connectivity index (χ1) is 10.4. The van der Waals surface area contributed by atoms with E-state index in [2.05, 4.69) is 10.6 Å². The van der Waals surface area contributed by atoms with Crippen LogP contribution in [0.25, 0.3) is 0 Å². The number of nitrogens with one attached hydrogen (secondary N) is 2. The van der Waals surface area contributed by atoms with Crippen molar-refractivity contribution in [2.75, 3.05) is 10.6 Å². The lowest BCUT2D eigenvalue weighted by atomic mass is 10.1. The SMILES string of the molecule is Cc1cc(C)c(NC(=O)C(=O)Nc2ccccc2F)c(Cl)c1. The lowest BCUT2D eigenvalue weighted by Crippen LogP contribution is -2.29. The van der Waals surface area contributed by atoms with Gasteiger partial charge in [-0.25, -0.2) is 4.39 Å². The molecule has 6 heteroatoms. The van der Waals surface area contributed by atoms with E-state index in [1.54, 1.807) is 19.1 Å². The average Bonchev–Trinajstić information content (AvgIpc) is 2.45. The molecule has 2 rings (SSSR count). The Kier molecular flexibility index (Phi) is 4.78. The Morgan fingerprint density at radius 3 is 2.32 bits per heavy atom. The molecule has 2 amide bonds. The van der Waals surface area contributed by atoms with E-state index in [0.717, 1.165) is 11.1 Å². The monoisotopic (exact) mass is 320 g/mol. The van der Waals surface area contributed by atoms with Crippen LogP contribution in [0.3, 0.4) is 0 Å². The highest BCUT2D eigenvalue weighted by Crippen LogP contribution is 2.27. The van der Waals surface area contributed by atoms with E-state index in [4.69, 9.17) is 11.6 Å². The third-order valence-corrected chi connectivity index (χ3v) is 3.30. The molecule has 2 aromatic carbocycles. The number of hydrogen-bond acceptors (Lipinski definition) is 2. The van der Waals surface area contributed by atoms with Gasteiger partial charge >= 0.3 is 11.8 Å². The second kappa shape index (κ2) is 6.58. The summed E-state index contributed by atoms with van der Waals surface area (Å²) in [4.78, 5) is 23.7. The van der Waals surface area contributed by atoms with Crippen LogP contribution in [0.5, 0.6) is 0 Å². The highest BCUT2D eigenvalue weighted by molar-refractivity contribution is 6.45. The average molecular weight is 321 g/mol. The zero-order chi connectivity index (χ0) is 16.3. The maximum Gasteiger partial charge on any atom is 0.314 e. The van der Waals surface area contributed by atoms with Gasteiger partial charge in [-0.05, 0) is 43.2 Å². The largest absolute Gasteiger partial charge is 0.316 e. The molecule has 0 unspecified atom stereocenters. The van der Waals surface area contributed by atoms with Crippen molar-refractivity contribution in [3.05, 3.63) is 58.4 Å². The first-order valence-electron chi connectivity index (χ1n) is 6.52. The Labute approximate surface area is 132 Å². The van der Waals surface area contributed by atoms with Crippen LogP contribution >= 0.6 is 11.6 Å². The third-order valence-electron chi connectivity index (χ3n) is 3.00. The van der Waals surface area contributed by atoms with Gasteiger partial charge in [0.05, 0.1) is 16.4 Å². The predicted octanol–water partition coefficient (Wildman–Crippen LogP) is 3.67. The molecule has 0 radical (unpaired) electrons. The molecule has 22 heavy (non-hydrogen) atoms. The summed E-state index contributed by atoms with van der Waals surface area (Å²) in [5, 5.41) is 4.99. The molecular weight excluding hydrogens is 307 g/mol. The van der Waals surface area contributed by atoms with Gasteiger partial charge in [-0.1, -0.05) is 29.8 Å². The molecule has 0 heterocycles. The molecule has 2 N–H and O–H groups in total. The van der Waals surface area contributed by atoms with Crippen molar-refractivity contribution in [1.29, 1.82) is 0 Å². The van der Waals surface area contributed by atoms with Gasteiger partial charge in [-0.15, -0.1) is 0 Å². The Balaban J connectivity index is 2.13. The van der Waals surface area contributed by atoms with Crippen molar-refractivity contribution in [3.8, 4) is 0 Å². The van der Waals surface area contributed by atoms with E-state index in [0.29, 0.717) is 10.7 Å². The van der Waals surface area contributed by atoms with E-state index in [-0.39, 0.29) is 5.69 Å². The highest BCUT2D eigenvalue weighted by Gasteiger charge is 2.18.